The number of nitrogens with two attached hydrogens (primary N) is 1. The standard InChI is InChI=1S/C14H17N3/c1-11(9-12-5-3-2-4-6-12)17-14-7-8-16-10-13(14)15/h2-8,10-11H,9,15H2,1H3,(H,16,17)/t11-/m0/s1. The minimum Gasteiger partial charge on any atom is -0.396 e. The maximum atomic E-state index is 5.84. The lowest BCUT2D eigenvalue weighted by molar-refractivity contribution is 0.790. The third-order valence-electron chi connectivity index (χ3n) is 2.64. The van der Waals surface area contributed by atoms with E-state index in [-0.39, 0.29) is 0 Å². The summed E-state index contributed by atoms with van der Waals surface area (Å²) in [5.41, 5.74) is 8.79. The van der Waals surface area contributed by atoms with Crippen molar-refractivity contribution in [1.82, 2.24) is 4.98 Å². The Hall–Kier alpha value is -2.03. The van der Waals surface area contributed by atoms with E-state index in [1.54, 1.807) is 12.4 Å². The molecule has 0 saturated heterocycles. The molecule has 0 aliphatic rings. The lowest BCUT2D eigenvalue weighted by Crippen LogP contribution is -2.18. The highest BCUT2D eigenvalue weighted by atomic mass is 14.9. The van der Waals surface area contributed by atoms with Crippen molar-refractivity contribution in [3.05, 3.63) is 54.4 Å². The molecule has 0 bridgehead atoms. The van der Waals surface area contributed by atoms with E-state index < -0.39 is 0 Å². The molecule has 0 radical (unpaired) electrons. The van der Waals surface area contributed by atoms with Crippen LogP contribution in [0, 0.1) is 0 Å². The zero-order chi connectivity index (χ0) is 12.1. The van der Waals surface area contributed by atoms with Crippen molar-refractivity contribution < 1.29 is 0 Å². The summed E-state index contributed by atoms with van der Waals surface area (Å²) in [5, 5.41) is 3.39. The van der Waals surface area contributed by atoms with Crippen LogP contribution in [0.2, 0.25) is 0 Å². The number of anilines is 2. The summed E-state index contributed by atoms with van der Waals surface area (Å²) in [6, 6.07) is 12.6. The molecule has 1 aromatic carbocycles. The van der Waals surface area contributed by atoms with Crippen molar-refractivity contribution >= 4 is 11.4 Å². The molecular weight excluding hydrogens is 210 g/mol. The van der Waals surface area contributed by atoms with E-state index in [4.69, 9.17) is 5.73 Å². The fourth-order valence-electron chi connectivity index (χ4n) is 1.82. The first-order valence-corrected chi connectivity index (χ1v) is 5.75. The zero-order valence-corrected chi connectivity index (χ0v) is 9.93. The van der Waals surface area contributed by atoms with Crippen LogP contribution in [-0.4, -0.2) is 11.0 Å². The van der Waals surface area contributed by atoms with E-state index in [0.717, 1.165) is 12.1 Å². The fraction of sp³-hybridized carbons (Fsp3) is 0.214. The lowest BCUT2D eigenvalue weighted by Gasteiger charge is -2.16. The van der Waals surface area contributed by atoms with Gasteiger partial charge in [0.05, 0.1) is 17.6 Å². The predicted molar refractivity (Wildman–Crippen MR) is 71.9 cm³/mol. The van der Waals surface area contributed by atoms with Gasteiger partial charge in [-0.25, -0.2) is 0 Å². The van der Waals surface area contributed by atoms with Crippen LogP contribution in [0.25, 0.3) is 0 Å². The Morgan fingerprint density at radius 3 is 2.71 bits per heavy atom. The normalized spacial score (nSPS) is 12.1. The number of hydrogen-bond donors (Lipinski definition) is 2. The number of pyridine rings is 1. The van der Waals surface area contributed by atoms with E-state index in [1.165, 1.54) is 5.56 Å². The van der Waals surface area contributed by atoms with E-state index in [0.29, 0.717) is 11.7 Å². The number of rotatable bonds is 4. The van der Waals surface area contributed by atoms with Gasteiger partial charge < -0.3 is 11.1 Å². The SMILES string of the molecule is C[C@@H](Cc1ccccc1)Nc1ccncc1N. The van der Waals surface area contributed by atoms with Crippen LogP contribution in [0.15, 0.2) is 48.8 Å². The molecule has 0 aliphatic carbocycles. The van der Waals surface area contributed by atoms with Gasteiger partial charge in [0.1, 0.15) is 0 Å². The van der Waals surface area contributed by atoms with Crippen LogP contribution in [0.4, 0.5) is 11.4 Å². The number of aromatic nitrogens is 1. The molecule has 0 fully saturated rings. The van der Waals surface area contributed by atoms with Gasteiger partial charge in [0, 0.05) is 12.2 Å². The van der Waals surface area contributed by atoms with Gasteiger partial charge in [-0.3, -0.25) is 4.98 Å². The quantitative estimate of drug-likeness (QED) is 0.844. The minimum atomic E-state index is 0.335. The van der Waals surface area contributed by atoms with Crippen LogP contribution < -0.4 is 11.1 Å². The monoisotopic (exact) mass is 227 g/mol. The van der Waals surface area contributed by atoms with Crippen LogP contribution in [0.5, 0.6) is 0 Å². The summed E-state index contributed by atoms with van der Waals surface area (Å²) in [4.78, 5) is 3.97. The number of nitrogen functional groups attached to an aromatic ring is 1. The van der Waals surface area contributed by atoms with Crippen molar-refractivity contribution in [3.63, 3.8) is 0 Å². The van der Waals surface area contributed by atoms with Crippen LogP contribution in [0.1, 0.15) is 12.5 Å². The molecule has 3 heteroatoms. The summed E-state index contributed by atoms with van der Waals surface area (Å²) >= 11 is 0. The molecule has 3 nitrogen and oxygen atoms in total. The van der Waals surface area contributed by atoms with Gasteiger partial charge in [0.15, 0.2) is 0 Å². The molecule has 1 atom stereocenters. The topological polar surface area (TPSA) is 50.9 Å². The first-order chi connectivity index (χ1) is 8.25. The highest BCUT2D eigenvalue weighted by Gasteiger charge is 2.05. The average Bonchev–Trinajstić information content (AvgIpc) is 2.33. The van der Waals surface area contributed by atoms with Crippen molar-refractivity contribution in [1.29, 1.82) is 0 Å². The molecule has 0 unspecified atom stereocenters. The Bertz CT molecular complexity index is 468. The van der Waals surface area contributed by atoms with Gasteiger partial charge >= 0.3 is 0 Å². The highest BCUT2D eigenvalue weighted by Crippen LogP contribution is 2.17. The van der Waals surface area contributed by atoms with Crippen LogP contribution in [0.3, 0.4) is 0 Å². The average molecular weight is 227 g/mol. The molecule has 1 heterocycles. The number of hydrogen-bond acceptors (Lipinski definition) is 3. The highest BCUT2D eigenvalue weighted by molar-refractivity contribution is 5.64. The third-order valence-corrected chi connectivity index (χ3v) is 2.64. The molecule has 1 aromatic heterocycles. The van der Waals surface area contributed by atoms with Gasteiger partial charge in [0.25, 0.3) is 0 Å². The van der Waals surface area contributed by atoms with Gasteiger partial charge in [-0.15, -0.1) is 0 Å². The lowest BCUT2D eigenvalue weighted by atomic mass is 10.1. The van der Waals surface area contributed by atoms with E-state index in [1.807, 2.05) is 12.1 Å². The van der Waals surface area contributed by atoms with Crippen molar-refractivity contribution in [3.8, 4) is 0 Å². The molecule has 2 aromatic rings. The van der Waals surface area contributed by atoms with Gasteiger partial charge in [-0.2, -0.15) is 0 Å². The molecular formula is C14H17N3. The molecule has 2 rings (SSSR count). The van der Waals surface area contributed by atoms with Gasteiger partial charge in [-0.05, 0) is 25.0 Å². The smallest absolute Gasteiger partial charge is 0.0736 e. The third kappa shape index (κ3) is 3.21. The maximum absolute atomic E-state index is 5.84. The molecule has 3 N–H and O–H groups in total. The summed E-state index contributed by atoms with van der Waals surface area (Å²) in [7, 11) is 0. The van der Waals surface area contributed by atoms with Crippen LogP contribution >= 0.6 is 0 Å². The van der Waals surface area contributed by atoms with Crippen molar-refractivity contribution in [2.45, 2.75) is 19.4 Å². The predicted octanol–water partition coefficient (Wildman–Crippen LogP) is 2.71. The van der Waals surface area contributed by atoms with Crippen LogP contribution in [-0.2, 0) is 6.42 Å². The van der Waals surface area contributed by atoms with E-state index in [9.17, 15) is 0 Å². The second-order valence-electron chi connectivity index (χ2n) is 4.20. The van der Waals surface area contributed by atoms with Gasteiger partial charge in [-0.1, -0.05) is 30.3 Å². The minimum absolute atomic E-state index is 0.335. The fourth-order valence-corrected chi connectivity index (χ4v) is 1.82. The van der Waals surface area contributed by atoms with E-state index >= 15 is 0 Å². The second kappa shape index (κ2) is 5.34. The van der Waals surface area contributed by atoms with Gasteiger partial charge in [0.2, 0.25) is 0 Å². The summed E-state index contributed by atoms with van der Waals surface area (Å²) in [6.45, 7) is 2.15. The largest absolute Gasteiger partial charge is 0.396 e. The maximum Gasteiger partial charge on any atom is 0.0736 e. The Labute approximate surface area is 102 Å². The molecule has 0 amide bonds. The number of nitrogens with zero attached hydrogens (tertiary/aromatic N) is 1. The second-order valence-corrected chi connectivity index (χ2v) is 4.20. The molecule has 0 spiro atoms. The summed E-state index contributed by atoms with van der Waals surface area (Å²) in [5.74, 6) is 0. The Kier molecular flexibility index (Phi) is 3.60. The Balaban J connectivity index is 1.98. The molecule has 0 saturated carbocycles. The van der Waals surface area contributed by atoms with Crippen molar-refractivity contribution in [2.24, 2.45) is 0 Å². The summed E-state index contributed by atoms with van der Waals surface area (Å²) in [6.07, 6.45) is 4.38. The Morgan fingerprint density at radius 2 is 2.00 bits per heavy atom. The Morgan fingerprint density at radius 1 is 1.24 bits per heavy atom. The number of nitrogens with one attached hydrogen (secondary N) is 1. The first kappa shape index (κ1) is 11.5. The first-order valence-electron chi connectivity index (χ1n) is 5.75. The zero-order valence-electron chi connectivity index (χ0n) is 9.93. The number of benzene rings is 1. The molecule has 0 aliphatic heterocycles. The van der Waals surface area contributed by atoms with Crippen molar-refractivity contribution in [2.75, 3.05) is 11.1 Å². The summed E-state index contributed by atoms with van der Waals surface area (Å²) < 4.78 is 0. The molecule has 88 valence electrons. The van der Waals surface area contributed by atoms with E-state index in [2.05, 4.69) is 41.5 Å². The molecule has 17 heavy (non-hydrogen) atoms.